The molecule has 3 aliphatic heterocycles. The lowest BCUT2D eigenvalue weighted by molar-refractivity contribution is -0.143. The van der Waals surface area contributed by atoms with Crippen LogP contribution in [0.4, 0.5) is 17.2 Å². The van der Waals surface area contributed by atoms with Crippen LogP contribution >= 0.6 is 11.3 Å². The molecule has 2 aromatic heterocycles. The molecule has 1 aliphatic carbocycles. The minimum absolute atomic E-state index is 0.0308. The van der Waals surface area contributed by atoms with Crippen LogP contribution in [0.2, 0.25) is 0 Å². The van der Waals surface area contributed by atoms with E-state index in [1.54, 1.807) is 17.7 Å². The van der Waals surface area contributed by atoms with Gasteiger partial charge in [0.25, 0.3) is 0 Å². The fraction of sp³-hybridized carbons (Fsp3) is 0.500. The summed E-state index contributed by atoms with van der Waals surface area (Å²) in [6.07, 6.45) is 8.62. The van der Waals surface area contributed by atoms with Crippen LogP contribution in [0.25, 0.3) is 10.2 Å². The molecule has 8 nitrogen and oxygen atoms in total. The highest BCUT2D eigenvalue weighted by Crippen LogP contribution is 2.42. The van der Waals surface area contributed by atoms with Crippen molar-refractivity contribution < 1.29 is 9.53 Å². The minimum Gasteiger partial charge on any atom is -0.377 e. The Kier molecular flexibility index (Phi) is 5.85. The number of hydrogen-bond acceptors (Lipinski definition) is 8. The van der Waals surface area contributed by atoms with Gasteiger partial charge in [0.15, 0.2) is 0 Å². The first-order chi connectivity index (χ1) is 18.2. The molecular formula is C28H32N6O2S. The van der Waals surface area contributed by atoms with Crippen molar-refractivity contribution >= 4 is 50.9 Å². The molecule has 37 heavy (non-hydrogen) atoms. The minimum atomic E-state index is 0.0308. The molecule has 192 valence electrons. The second kappa shape index (κ2) is 9.36. The number of hydrogen-bond donors (Lipinski definition) is 1. The van der Waals surface area contributed by atoms with Crippen LogP contribution in [0.15, 0.2) is 23.5 Å². The van der Waals surface area contributed by atoms with Crippen molar-refractivity contribution in [3.63, 3.8) is 0 Å². The zero-order valence-corrected chi connectivity index (χ0v) is 22.0. The topological polar surface area (TPSA) is 82.9 Å². The Balaban J connectivity index is 1.21. The van der Waals surface area contributed by atoms with Crippen molar-refractivity contribution in [2.45, 2.75) is 51.6 Å². The first-order valence-electron chi connectivity index (χ1n) is 13.5. The quantitative estimate of drug-likeness (QED) is 0.556. The Hall–Kier alpha value is -3.04. The van der Waals surface area contributed by atoms with Gasteiger partial charge in [0.2, 0.25) is 5.91 Å². The summed E-state index contributed by atoms with van der Waals surface area (Å²) in [6.45, 7) is 6.97. The highest BCUT2D eigenvalue weighted by atomic mass is 32.1. The van der Waals surface area contributed by atoms with Gasteiger partial charge in [0.05, 0.1) is 42.6 Å². The second-order valence-corrected chi connectivity index (χ2v) is 11.7. The van der Waals surface area contributed by atoms with Crippen molar-refractivity contribution in [3.05, 3.63) is 40.0 Å². The number of morpholine rings is 1. The number of anilines is 3. The van der Waals surface area contributed by atoms with Crippen LogP contribution in [0.1, 0.15) is 47.8 Å². The summed E-state index contributed by atoms with van der Waals surface area (Å²) in [5.74, 6) is 1.17. The number of nitrogens with one attached hydrogen (secondary N) is 1. The number of carbonyl (C=O) groups is 1. The van der Waals surface area contributed by atoms with Gasteiger partial charge in [0, 0.05) is 36.6 Å². The number of benzene rings is 1. The van der Waals surface area contributed by atoms with Crippen molar-refractivity contribution in [1.29, 1.82) is 0 Å². The Labute approximate surface area is 220 Å². The van der Waals surface area contributed by atoms with Gasteiger partial charge < -0.3 is 19.9 Å². The first kappa shape index (κ1) is 23.1. The molecule has 3 aromatic rings. The van der Waals surface area contributed by atoms with Gasteiger partial charge in [-0.15, -0.1) is 11.3 Å². The Bertz CT molecular complexity index is 1400. The Morgan fingerprint density at radius 2 is 2.08 bits per heavy atom. The van der Waals surface area contributed by atoms with Gasteiger partial charge in [-0.25, -0.2) is 9.97 Å². The van der Waals surface area contributed by atoms with Crippen molar-refractivity contribution in [3.8, 4) is 0 Å². The van der Waals surface area contributed by atoms with Crippen LogP contribution in [0.5, 0.6) is 0 Å². The van der Waals surface area contributed by atoms with E-state index in [0.717, 1.165) is 60.6 Å². The van der Waals surface area contributed by atoms with Gasteiger partial charge in [0.1, 0.15) is 17.0 Å². The highest BCUT2D eigenvalue weighted by Gasteiger charge is 2.34. The van der Waals surface area contributed by atoms with Crippen LogP contribution in [-0.2, 0) is 28.9 Å². The fourth-order valence-electron chi connectivity index (χ4n) is 6.30. The lowest BCUT2D eigenvalue weighted by Crippen LogP contribution is -2.50. The second-order valence-electron chi connectivity index (χ2n) is 10.7. The maximum absolute atomic E-state index is 13.4. The molecule has 0 saturated carbocycles. The maximum atomic E-state index is 13.4. The molecule has 0 radical (unpaired) electrons. The standard InChI is InChI=1S/C28H32N6O2S/c1-17-15-36-9-8-34(17)28(35)18-4-5-21-24(12-18)37-27-25(21)26(30-16-31-27)32-22-10-19-13-29-14-20(19)11-23(22)33-6-2-3-7-33/h10-11,13,16-18H,2-9,12,14-15H2,1H3,(H,30,31,32)/t17-,18-/m0/s1. The summed E-state index contributed by atoms with van der Waals surface area (Å²) >= 11 is 1.72. The summed E-state index contributed by atoms with van der Waals surface area (Å²) in [5.41, 5.74) is 6.11. The van der Waals surface area contributed by atoms with Crippen LogP contribution in [0.3, 0.4) is 0 Å². The van der Waals surface area contributed by atoms with E-state index in [2.05, 4.69) is 39.2 Å². The predicted octanol–water partition coefficient (Wildman–Crippen LogP) is 4.32. The number of ether oxygens (including phenoxy) is 1. The van der Waals surface area contributed by atoms with Gasteiger partial charge in [-0.3, -0.25) is 9.79 Å². The van der Waals surface area contributed by atoms with E-state index in [4.69, 9.17) is 9.72 Å². The SMILES string of the molecule is C[C@H]1COCCN1C(=O)[C@H]1CCc2c(sc3ncnc(Nc4cc5c(cc4N4CCCC4)CN=C5)c23)C1. The van der Waals surface area contributed by atoms with Gasteiger partial charge in [-0.2, -0.15) is 0 Å². The van der Waals surface area contributed by atoms with Crippen LogP contribution in [-0.4, -0.2) is 65.9 Å². The number of aryl methyl sites for hydroxylation is 1. The average Bonchev–Trinajstić information content (AvgIpc) is 3.67. The molecule has 9 heteroatoms. The van der Waals surface area contributed by atoms with E-state index in [1.807, 2.05) is 11.1 Å². The van der Waals surface area contributed by atoms with Gasteiger partial charge in [-0.1, -0.05) is 0 Å². The smallest absolute Gasteiger partial charge is 0.226 e. The zero-order valence-electron chi connectivity index (χ0n) is 21.2. The summed E-state index contributed by atoms with van der Waals surface area (Å²) in [5, 5.41) is 4.83. The lowest BCUT2D eigenvalue weighted by atomic mass is 9.86. The van der Waals surface area contributed by atoms with Gasteiger partial charge in [-0.05, 0) is 67.9 Å². The number of aliphatic imine (C=N–C) groups is 1. The normalized spacial score (nSPS) is 22.9. The first-order valence-corrected chi connectivity index (χ1v) is 14.3. The summed E-state index contributed by atoms with van der Waals surface area (Å²) < 4.78 is 5.55. The molecule has 2 saturated heterocycles. The molecule has 0 spiro atoms. The van der Waals surface area contributed by atoms with E-state index in [-0.39, 0.29) is 17.9 Å². The molecule has 0 unspecified atom stereocenters. The third kappa shape index (κ3) is 4.08. The van der Waals surface area contributed by atoms with Gasteiger partial charge >= 0.3 is 0 Å². The summed E-state index contributed by atoms with van der Waals surface area (Å²) in [7, 11) is 0. The zero-order chi connectivity index (χ0) is 24.9. The predicted molar refractivity (Wildman–Crippen MR) is 147 cm³/mol. The van der Waals surface area contributed by atoms with E-state index >= 15 is 0 Å². The molecule has 2 atom stereocenters. The molecule has 7 rings (SSSR count). The van der Waals surface area contributed by atoms with E-state index < -0.39 is 0 Å². The average molecular weight is 517 g/mol. The number of nitrogens with zero attached hydrogens (tertiary/aromatic N) is 5. The number of rotatable bonds is 4. The molecule has 4 aliphatic rings. The summed E-state index contributed by atoms with van der Waals surface area (Å²) in [6, 6.07) is 4.68. The summed E-state index contributed by atoms with van der Waals surface area (Å²) in [4.78, 5) is 34.0. The Morgan fingerprint density at radius 1 is 1.19 bits per heavy atom. The van der Waals surface area contributed by atoms with Crippen LogP contribution in [0, 0.1) is 5.92 Å². The highest BCUT2D eigenvalue weighted by molar-refractivity contribution is 7.19. The van der Waals surface area contributed by atoms with E-state index in [9.17, 15) is 4.79 Å². The van der Waals surface area contributed by atoms with Crippen molar-refractivity contribution in [2.24, 2.45) is 10.9 Å². The van der Waals surface area contributed by atoms with Crippen LogP contribution < -0.4 is 10.2 Å². The number of carbonyl (C=O) groups excluding carboxylic acids is 1. The van der Waals surface area contributed by atoms with E-state index in [0.29, 0.717) is 19.8 Å². The van der Waals surface area contributed by atoms with E-state index in [1.165, 1.54) is 40.1 Å². The lowest BCUT2D eigenvalue weighted by Gasteiger charge is -2.36. The maximum Gasteiger partial charge on any atom is 0.226 e. The number of fused-ring (bicyclic) bond motifs is 4. The molecular weight excluding hydrogens is 484 g/mol. The number of amides is 1. The fourth-order valence-corrected chi connectivity index (χ4v) is 7.57. The van der Waals surface area contributed by atoms with Crippen molar-refractivity contribution in [1.82, 2.24) is 14.9 Å². The third-order valence-electron chi connectivity index (χ3n) is 8.29. The van der Waals surface area contributed by atoms with Crippen molar-refractivity contribution in [2.75, 3.05) is 43.1 Å². The molecule has 1 aromatic carbocycles. The largest absolute Gasteiger partial charge is 0.377 e. The number of aromatic nitrogens is 2. The Morgan fingerprint density at radius 3 is 2.95 bits per heavy atom. The third-order valence-corrected chi connectivity index (χ3v) is 9.46. The molecule has 2 fully saturated rings. The molecule has 5 heterocycles. The molecule has 1 amide bonds. The monoisotopic (exact) mass is 516 g/mol. The molecule has 1 N–H and O–H groups in total. The number of thiophene rings is 1. The molecule has 0 bridgehead atoms.